The SMILES string of the molecule is CC(C)(C)OC(=O)N1CCC2(CC1)CC(=O)N(Cc1nc(-c3ccc(F)c(C(F)(F)F)c3)no1)C2=O. The molecule has 0 bridgehead atoms. The van der Waals surface area contributed by atoms with E-state index in [4.69, 9.17) is 9.26 Å². The van der Waals surface area contributed by atoms with Crippen molar-refractivity contribution in [1.29, 1.82) is 0 Å². The number of carbonyl (C=O) groups excluding carboxylic acids is 3. The van der Waals surface area contributed by atoms with E-state index in [1.54, 1.807) is 20.8 Å². The van der Waals surface area contributed by atoms with Crippen molar-refractivity contribution in [3.05, 3.63) is 35.5 Å². The van der Waals surface area contributed by atoms with Crippen molar-refractivity contribution in [3.63, 3.8) is 0 Å². The van der Waals surface area contributed by atoms with Gasteiger partial charge in [0, 0.05) is 25.1 Å². The second-order valence-corrected chi connectivity index (χ2v) is 9.91. The molecule has 3 heterocycles. The van der Waals surface area contributed by atoms with Crippen LogP contribution in [0, 0.1) is 11.2 Å². The molecule has 0 atom stereocenters. The molecule has 1 aromatic carbocycles. The summed E-state index contributed by atoms with van der Waals surface area (Å²) in [6.45, 7) is 5.40. The highest BCUT2D eigenvalue weighted by Crippen LogP contribution is 2.43. The van der Waals surface area contributed by atoms with Crippen LogP contribution in [0.2, 0.25) is 0 Å². The van der Waals surface area contributed by atoms with Crippen molar-refractivity contribution in [2.45, 2.75) is 58.4 Å². The molecule has 2 aliphatic heterocycles. The number of carbonyl (C=O) groups is 3. The number of benzene rings is 1. The Bertz CT molecular complexity index is 1200. The van der Waals surface area contributed by atoms with E-state index < -0.39 is 46.5 Å². The van der Waals surface area contributed by atoms with Gasteiger partial charge in [-0.15, -0.1) is 0 Å². The van der Waals surface area contributed by atoms with Gasteiger partial charge in [-0.3, -0.25) is 14.5 Å². The maximum atomic E-state index is 13.6. The topological polar surface area (TPSA) is 106 Å². The monoisotopic (exact) mass is 512 g/mol. The van der Waals surface area contributed by atoms with Gasteiger partial charge in [-0.2, -0.15) is 18.2 Å². The molecule has 2 aliphatic rings. The molecule has 194 valence electrons. The Labute approximate surface area is 203 Å². The number of alkyl halides is 3. The lowest BCUT2D eigenvalue weighted by atomic mass is 9.77. The van der Waals surface area contributed by atoms with E-state index in [1.807, 2.05) is 0 Å². The highest BCUT2D eigenvalue weighted by molar-refractivity contribution is 6.05. The fraction of sp³-hybridized carbons (Fsp3) is 0.522. The zero-order valence-corrected chi connectivity index (χ0v) is 19.8. The molecule has 1 aromatic heterocycles. The maximum Gasteiger partial charge on any atom is 0.419 e. The predicted molar refractivity (Wildman–Crippen MR) is 114 cm³/mol. The molecule has 9 nitrogen and oxygen atoms in total. The lowest BCUT2D eigenvalue weighted by molar-refractivity contribution is -0.144. The van der Waals surface area contributed by atoms with Crippen molar-refractivity contribution < 1.29 is 41.2 Å². The number of halogens is 4. The molecule has 2 fully saturated rings. The fourth-order valence-corrected chi connectivity index (χ4v) is 4.31. The van der Waals surface area contributed by atoms with Gasteiger partial charge >= 0.3 is 12.3 Å². The van der Waals surface area contributed by atoms with Crippen LogP contribution in [0.4, 0.5) is 22.4 Å². The van der Waals surface area contributed by atoms with Crippen molar-refractivity contribution in [2.75, 3.05) is 13.1 Å². The van der Waals surface area contributed by atoms with E-state index in [0.29, 0.717) is 12.1 Å². The number of nitrogens with zero attached hydrogens (tertiary/aromatic N) is 4. The van der Waals surface area contributed by atoms with Gasteiger partial charge in [0.1, 0.15) is 18.0 Å². The normalized spacial score (nSPS) is 18.3. The first-order chi connectivity index (χ1) is 16.7. The molecular formula is C23H24F4N4O5. The molecule has 2 saturated heterocycles. The van der Waals surface area contributed by atoms with Crippen molar-refractivity contribution in [3.8, 4) is 11.4 Å². The van der Waals surface area contributed by atoms with Crippen LogP contribution < -0.4 is 0 Å². The number of aromatic nitrogens is 2. The third-order valence-corrected chi connectivity index (χ3v) is 6.15. The summed E-state index contributed by atoms with van der Waals surface area (Å²) in [6, 6.07) is 2.28. The Balaban J connectivity index is 1.44. The van der Waals surface area contributed by atoms with Crippen LogP contribution in [0.1, 0.15) is 51.5 Å². The first kappa shape index (κ1) is 25.6. The molecular weight excluding hydrogens is 488 g/mol. The van der Waals surface area contributed by atoms with Crippen LogP contribution in [0.5, 0.6) is 0 Å². The molecule has 13 heteroatoms. The molecule has 36 heavy (non-hydrogen) atoms. The van der Waals surface area contributed by atoms with Crippen molar-refractivity contribution in [1.82, 2.24) is 19.9 Å². The first-order valence-corrected chi connectivity index (χ1v) is 11.2. The Hall–Kier alpha value is -3.51. The summed E-state index contributed by atoms with van der Waals surface area (Å²) in [5, 5.41) is 3.61. The zero-order chi connectivity index (χ0) is 26.5. The van der Waals surface area contributed by atoms with E-state index in [1.165, 1.54) is 4.90 Å². The second-order valence-electron chi connectivity index (χ2n) is 9.91. The van der Waals surface area contributed by atoms with Gasteiger partial charge in [0.2, 0.25) is 23.5 Å². The van der Waals surface area contributed by atoms with Gasteiger partial charge < -0.3 is 14.2 Å². The van der Waals surface area contributed by atoms with E-state index in [-0.39, 0.29) is 56.2 Å². The minimum atomic E-state index is -4.91. The lowest BCUT2D eigenvalue weighted by Gasteiger charge is -2.37. The Kier molecular flexibility index (Phi) is 6.29. The van der Waals surface area contributed by atoms with Crippen LogP contribution in [0.25, 0.3) is 11.4 Å². The smallest absolute Gasteiger partial charge is 0.419 e. The van der Waals surface area contributed by atoms with Gasteiger partial charge in [-0.05, 0) is 51.8 Å². The van der Waals surface area contributed by atoms with Crippen molar-refractivity contribution >= 4 is 17.9 Å². The summed E-state index contributed by atoms with van der Waals surface area (Å²) in [5.41, 5.74) is -3.23. The second kappa shape index (κ2) is 8.86. The third kappa shape index (κ3) is 5.05. The molecule has 0 N–H and O–H groups in total. The van der Waals surface area contributed by atoms with Crippen LogP contribution >= 0.6 is 0 Å². The number of likely N-dealkylation sites (tertiary alicyclic amines) is 2. The van der Waals surface area contributed by atoms with E-state index in [0.717, 1.165) is 11.0 Å². The average molecular weight is 512 g/mol. The molecule has 0 aliphatic carbocycles. The van der Waals surface area contributed by atoms with Crippen LogP contribution in [-0.2, 0) is 27.0 Å². The highest BCUT2D eigenvalue weighted by atomic mass is 19.4. The minimum Gasteiger partial charge on any atom is -0.444 e. The third-order valence-electron chi connectivity index (χ3n) is 6.15. The number of hydrogen-bond acceptors (Lipinski definition) is 7. The Morgan fingerprint density at radius 3 is 2.44 bits per heavy atom. The number of ether oxygens (including phenoxy) is 1. The molecule has 0 unspecified atom stereocenters. The van der Waals surface area contributed by atoms with Crippen molar-refractivity contribution in [2.24, 2.45) is 5.41 Å². The largest absolute Gasteiger partial charge is 0.444 e. The average Bonchev–Trinajstić information content (AvgIpc) is 3.32. The maximum absolute atomic E-state index is 13.6. The summed E-state index contributed by atoms with van der Waals surface area (Å²) < 4.78 is 63.0. The molecule has 4 rings (SSSR count). The summed E-state index contributed by atoms with van der Waals surface area (Å²) in [4.78, 5) is 44.6. The van der Waals surface area contributed by atoms with Crippen LogP contribution in [0.15, 0.2) is 22.7 Å². The number of piperidine rings is 1. The fourth-order valence-electron chi connectivity index (χ4n) is 4.31. The predicted octanol–water partition coefficient (Wildman–Crippen LogP) is 4.17. The van der Waals surface area contributed by atoms with E-state index >= 15 is 0 Å². The summed E-state index contributed by atoms with van der Waals surface area (Å²) in [5.74, 6) is -2.72. The number of rotatable bonds is 3. The van der Waals surface area contributed by atoms with Gasteiger partial charge in [-0.1, -0.05) is 5.16 Å². The molecule has 2 aromatic rings. The van der Waals surface area contributed by atoms with E-state index in [2.05, 4.69) is 10.1 Å². The number of imide groups is 1. The quantitative estimate of drug-likeness (QED) is 0.449. The summed E-state index contributed by atoms with van der Waals surface area (Å²) in [6.07, 6.45) is -4.88. The van der Waals surface area contributed by atoms with E-state index in [9.17, 15) is 31.9 Å². The highest BCUT2D eigenvalue weighted by Gasteiger charge is 2.53. The van der Waals surface area contributed by atoms with Gasteiger partial charge in [-0.25, -0.2) is 9.18 Å². The van der Waals surface area contributed by atoms with Gasteiger partial charge in [0.15, 0.2) is 0 Å². The zero-order valence-electron chi connectivity index (χ0n) is 19.8. The Morgan fingerprint density at radius 2 is 1.83 bits per heavy atom. The number of amides is 3. The minimum absolute atomic E-state index is 0.0398. The molecule has 0 saturated carbocycles. The summed E-state index contributed by atoms with van der Waals surface area (Å²) in [7, 11) is 0. The molecule has 1 spiro atoms. The van der Waals surface area contributed by atoms with Crippen LogP contribution in [0.3, 0.4) is 0 Å². The number of hydrogen-bond donors (Lipinski definition) is 0. The van der Waals surface area contributed by atoms with Gasteiger partial charge in [0.05, 0.1) is 11.0 Å². The van der Waals surface area contributed by atoms with Crippen LogP contribution in [-0.4, -0.2) is 56.5 Å². The Morgan fingerprint density at radius 1 is 1.17 bits per heavy atom. The van der Waals surface area contributed by atoms with Gasteiger partial charge in [0.25, 0.3) is 0 Å². The standard InChI is InChI=1S/C23H24F4N4O5/c1-21(2,3)35-20(34)30-8-6-22(7-9-30)11-17(32)31(19(22)33)12-16-28-18(29-36-16)13-4-5-15(24)14(10-13)23(25,26)27/h4-5,10H,6-9,11-12H2,1-3H3. The summed E-state index contributed by atoms with van der Waals surface area (Å²) >= 11 is 0. The lowest BCUT2D eigenvalue weighted by Crippen LogP contribution is -2.47. The molecule has 3 amide bonds. The first-order valence-electron chi connectivity index (χ1n) is 11.2. The molecule has 0 radical (unpaired) electrons.